The average molecular weight is 207 g/mol. The van der Waals surface area contributed by atoms with E-state index in [-0.39, 0.29) is 6.10 Å². The summed E-state index contributed by atoms with van der Waals surface area (Å²) >= 11 is 0. The maximum Gasteiger partial charge on any atom is 0.123 e. The zero-order chi connectivity index (χ0) is 10.7. The van der Waals surface area contributed by atoms with Crippen LogP contribution in [0.2, 0.25) is 0 Å². The molecule has 1 unspecified atom stereocenters. The molecule has 1 aliphatic rings. The Morgan fingerprint density at radius 3 is 3.13 bits per heavy atom. The maximum atomic E-state index is 5.79. The lowest BCUT2D eigenvalue weighted by Gasteiger charge is -2.10. The highest BCUT2D eigenvalue weighted by molar-refractivity contribution is 5.43. The number of benzene rings is 1. The molecule has 1 heterocycles. The summed E-state index contributed by atoms with van der Waals surface area (Å²) in [6.45, 7) is 4.00. The minimum absolute atomic E-state index is 0.270. The topological polar surface area (TPSA) is 30.5 Å². The van der Waals surface area contributed by atoms with Gasteiger partial charge < -0.3 is 14.8 Å². The van der Waals surface area contributed by atoms with E-state index in [2.05, 4.69) is 18.3 Å². The quantitative estimate of drug-likeness (QED) is 0.813. The van der Waals surface area contributed by atoms with E-state index in [0.29, 0.717) is 0 Å². The van der Waals surface area contributed by atoms with Crippen LogP contribution >= 0.6 is 0 Å². The minimum atomic E-state index is 0.270. The standard InChI is InChI=1S/C12H17NO2/c1-3-13-8-11-7-9-6-10(14-2)4-5-12(9)15-11/h4-6,11,13H,3,7-8H2,1-2H3. The molecule has 0 spiro atoms. The highest BCUT2D eigenvalue weighted by Crippen LogP contribution is 2.31. The van der Waals surface area contributed by atoms with Crippen molar-refractivity contribution in [3.8, 4) is 11.5 Å². The summed E-state index contributed by atoms with van der Waals surface area (Å²) < 4.78 is 11.0. The van der Waals surface area contributed by atoms with Crippen molar-refractivity contribution < 1.29 is 9.47 Å². The number of rotatable bonds is 4. The van der Waals surface area contributed by atoms with Crippen LogP contribution in [0.15, 0.2) is 18.2 Å². The first-order chi connectivity index (χ1) is 7.33. The highest BCUT2D eigenvalue weighted by atomic mass is 16.5. The van der Waals surface area contributed by atoms with Crippen LogP contribution in [0, 0.1) is 0 Å². The van der Waals surface area contributed by atoms with Crippen LogP contribution in [0.25, 0.3) is 0 Å². The van der Waals surface area contributed by atoms with E-state index < -0.39 is 0 Å². The Balaban J connectivity index is 2.03. The molecule has 3 nitrogen and oxygen atoms in total. The minimum Gasteiger partial charge on any atom is -0.497 e. The Bertz CT molecular complexity index is 338. The third-order valence-corrected chi connectivity index (χ3v) is 2.63. The number of methoxy groups -OCH3 is 1. The first-order valence-corrected chi connectivity index (χ1v) is 5.37. The summed E-state index contributed by atoms with van der Waals surface area (Å²) in [5, 5.41) is 3.30. The third-order valence-electron chi connectivity index (χ3n) is 2.63. The second-order valence-corrected chi connectivity index (χ2v) is 3.73. The number of ether oxygens (including phenoxy) is 2. The van der Waals surface area contributed by atoms with Gasteiger partial charge in [0.2, 0.25) is 0 Å². The normalized spacial score (nSPS) is 18.4. The molecule has 1 aromatic rings. The molecule has 0 saturated carbocycles. The molecule has 0 radical (unpaired) electrons. The van der Waals surface area contributed by atoms with Crippen LogP contribution in [-0.2, 0) is 6.42 Å². The van der Waals surface area contributed by atoms with Gasteiger partial charge in [-0.05, 0) is 24.7 Å². The van der Waals surface area contributed by atoms with Gasteiger partial charge in [-0.15, -0.1) is 0 Å². The van der Waals surface area contributed by atoms with Crippen molar-refractivity contribution in [3.05, 3.63) is 23.8 Å². The van der Waals surface area contributed by atoms with E-state index in [1.807, 2.05) is 12.1 Å². The summed E-state index contributed by atoms with van der Waals surface area (Å²) in [6.07, 6.45) is 1.24. The number of hydrogen-bond donors (Lipinski definition) is 1. The molecule has 1 aromatic carbocycles. The Morgan fingerprint density at radius 2 is 2.40 bits per heavy atom. The van der Waals surface area contributed by atoms with Crippen molar-refractivity contribution >= 4 is 0 Å². The molecular formula is C12H17NO2. The summed E-state index contributed by atoms with van der Waals surface area (Å²) in [4.78, 5) is 0. The second-order valence-electron chi connectivity index (χ2n) is 3.73. The molecule has 0 bridgehead atoms. The molecule has 0 amide bonds. The van der Waals surface area contributed by atoms with Gasteiger partial charge in [0.05, 0.1) is 7.11 Å². The van der Waals surface area contributed by atoms with Crippen molar-refractivity contribution in [3.63, 3.8) is 0 Å². The van der Waals surface area contributed by atoms with E-state index in [4.69, 9.17) is 9.47 Å². The highest BCUT2D eigenvalue weighted by Gasteiger charge is 2.22. The fourth-order valence-corrected chi connectivity index (χ4v) is 1.84. The maximum absolute atomic E-state index is 5.79. The van der Waals surface area contributed by atoms with Gasteiger partial charge in [0.25, 0.3) is 0 Å². The average Bonchev–Trinajstić information content (AvgIpc) is 2.67. The van der Waals surface area contributed by atoms with Gasteiger partial charge in [-0.2, -0.15) is 0 Å². The van der Waals surface area contributed by atoms with Gasteiger partial charge in [-0.3, -0.25) is 0 Å². The predicted molar refractivity (Wildman–Crippen MR) is 59.7 cm³/mol. The van der Waals surface area contributed by atoms with Crippen molar-refractivity contribution in [1.29, 1.82) is 0 Å². The molecule has 0 aromatic heterocycles. The van der Waals surface area contributed by atoms with Crippen LogP contribution in [0.1, 0.15) is 12.5 Å². The molecule has 0 fully saturated rings. The molecule has 15 heavy (non-hydrogen) atoms. The number of fused-ring (bicyclic) bond motifs is 1. The Hall–Kier alpha value is -1.22. The van der Waals surface area contributed by atoms with Crippen molar-refractivity contribution in [2.24, 2.45) is 0 Å². The summed E-state index contributed by atoms with van der Waals surface area (Å²) in [7, 11) is 1.69. The fraction of sp³-hybridized carbons (Fsp3) is 0.500. The van der Waals surface area contributed by atoms with Gasteiger partial charge in [0.1, 0.15) is 17.6 Å². The number of likely N-dealkylation sites (N-methyl/N-ethyl adjacent to an activating group) is 1. The lowest BCUT2D eigenvalue weighted by Crippen LogP contribution is -2.29. The van der Waals surface area contributed by atoms with E-state index >= 15 is 0 Å². The van der Waals surface area contributed by atoms with Crippen molar-refractivity contribution in [2.45, 2.75) is 19.4 Å². The summed E-state index contributed by atoms with van der Waals surface area (Å²) in [6, 6.07) is 5.98. The van der Waals surface area contributed by atoms with Gasteiger partial charge in [-0.25, -0.2) is 0 Å². The summed E-state index contributed by atoms with van der Waals surface area (Å²) in [5.41, 5.74) is 1.25. The van der Waals surface area contributed by atoms with E-state index in [0.717, 1.165) is 31.0 Å². The van der Waals surface area contributed by atoms with Gasteiger partial charge in [-0.1, -0.05) is 6.92 Å². The van der Waals surface area contributed by atoms with Crippen LogP contribution in [0.5, 0.6) is 11.5 Å². The predicted octanol–water partition coefficient (Wildman–Crippen LogP) is 1.61. The third kappa shape index (κ3) is 2.23. The van der Waals surface area contributed by atoms with Crippen LogP contribution in [0.3, 0.4) is 0 Å². The Kier molecular flexibility index (Phi) is 3.11. The summed E-state index contributed by atoms with van der Waals surface area (Å²) in [5.74, 6) is 1.90. The van der Waals surface area contributed by atoms with E-state index in [1.54, 1.807) is 7.11 Å². The smallest absolute Gasteiger partial charge is 0.123 e. The Morgan fingerprint density at radius 1 is 1.53 bits per heavy atom. The van der Waals surface area contributed by atoms with Crippen LogP contribution < -0.4 is 14.8 Å². The first-order valence-electron chi connectivity index (χ1n) is 5.37. The lowest BCUT2D eigenvalue weighted by molar-refractivity contribution is 0.229. The molecule has 1 atom stereocenters. The molecule has 0 saturated heterocycles. The lowest BCUT2D eigenvalue weighted by atomic mass is 10.1. The fourth-order valence-electron chi connectivity index (χ4n) is 1.84. The largest absolute Gasteiger partial charge is 0.497 e. The monoisotopic (exact) mass is 207 g/mol. The van der Waals surface area contributed by atoms with Gasteiger partial charge >= 0.3 is 0 Å². The molecule has 1 N–H and O–H groups in total. The number of nitrogens with one attached hydrogen (secondary N) is 1. The van der Waals surface area contributed by atoms with Crippen molar-refractivity contribution in [2.75, 3.05) is 20.2 Å². The zero-order valence-corrected chi connectivity index (χ0v) is 9.25. The molecule has 2 rings (SSSR count). The van der Waals surface area contributed by atoms with Gasteiger partial charge in [0.15, 0.2) is 0 Å². The van der Waals surface area contributed by atoms with E-state index in [9.17, 15) is 0 Å². The van der Waals surface area contributed by atoms with Gasteiger partial charge in [0, 0.05) is 18.5 Å². The molecule has 1 aliphatic heterocycles. The first kappa shape index (κ1) is 10.3. The Labute approximate surface area is 90.4 Å². The molecule has 3 heteroatoms. The van der Waals surface area contributed by atoms with Crippen LogP contribution in [-0.4, -0.2) is 26.3 Å². The second kappa shape index (κ2) is 4.53. The van der Waals surface area contributed by atoms with E-state index in [1.165, 1.54) is 5.56 Å². The van der Waals surface area contributed by atoms with Crippen molar-refractivity contribution in [1.82, 2.24) is 5.32 Å². The zero-order valence-electron chi connectivity index (χ0n) is 9.25. The SMILES string of the molecule is CCNCC1Cc2cc(OC)ccc2O1. The molecular weight excluding hydrogens is 190 g/mol. The van der Waals surface area contributed by atoms with Crippen LogP contribution in [0.4, 0.5) is 0 Å². The molecule has 0 aliphatic carbocycles. The number of hydrogen-bond acceptors (Lipinski definition) is 3. The molecule has 82 valence electrons.